The van der Waals surface area contributed by atoms with Gasteiger partial charge in [0.2, 0.25) is 10.0 Å². The highest BCUT2D eigenvalue weighted by Gasteiger charge is 2.32. The van der Waals surface area contributed by atoms with Crippen molar-refractivity contribution in [3.63, 3.8) is 0 Å². The van der Waals surface area contributed by atoms with Crippen LogP contribution in [0.4, 0.5) is 5.69 Å². The third-order valence-electron chi connectivity index (χ3n) is 4.49. The minimum absolute atomic E-state index is 0.101. The van der Waals surface area contributed by atoms with Crippen molar-refractivity contribution in [1.82, 2.24) is 4.31 Å². The zero-order chi connectivity index (χ0) is 20.5. The Morgan fingerprint density at radius 3 is 2.46 bits per heavy atom. The number of sulfonamides is 1. The van der Waals surface area contributed by atoms with Crippen LogP contribution in [0.1, 0.15) is 29.8 Å². The number of carbonyl (C=O) groups excluding carboxylic acids is 1. The molecule has 2 atom stereocenters. The summed E-state index contributed by atoms with van der Waals surface area (Å²) in [6, 6.07) is 11.7. The Morgan fingerprint density at radius 2 is 1.82 bits per heavy atom. The Bertz CT molecular complexity index is 983. The van der Waals surface area contributed by atoms with E-state index in [9.17, 15) is 13.2 Å². The average molecular weight is 467 g/mol. The first-order chi connectivity index (χ1) is 13.2. The van der Waals surface area contributed by atoms with Crippen molar-refractivity contribution in [2.75, 3.05) is 18.4 Å². The van der Waals surface area contributed by atoms with E-state index in [-0.39, 0.29) is 28.6 Å². The lowest BCUT2D eigenvalue weighted by molar-refractivity contribution is -0.0440. The number of benzene rings is 2. The van der Waals surface area contributed by atoms with Crippen LogP contribution in [0.3, 0.4) is 0 Å². The van der Waals surface area contributed by atoms with E-state index in [4.69, 9.17) is 4.74 Å². The van der Waals surface area contributed by atoms with E-state index in [0.29, 0.717) is 18.8 Å². The van der Waals surface area contributed by atoms with Gasteiger partial charge < -0.3 is 10.1 Å². The van der Waals surface area contributed by atoms with Gasteiger partial charge in [-0.05, 0) is 72.6 Å². The van der Waals surface area contributed by atoms with Crippen molar-refractivity contribution in [2.45, 2.75) is 37.9 Å². The smallest absolute Gasteiger partial charge is 0.255 e. The molecule has 2 aromatic rings. The molecule has 2 aromatic carbocycles. The SMILES string of the molecule is Cc1ccc(NC(=O)c2cccc(S(=O)(=O)N3CC(C)OC(C)C3)c2)c(Br)c1. The molecule has 1 amide bonds. The van der Waals surface area contributed by atoms with Gasteiger partial charge in [0.25, 0.3) is 5.91 Å². The molecule has 0 aliphatic carbocycles. The maximum absolute atomic E-state index is 13.0. The number of hydrogen-bond acceptors (Lipinski definition) is 4. The Balaban J connectivity index is 1.84. The van der Waals surface area contributed by atoms with Gasteiger partial charge in [-0.1, -0.05) is 12.1 Å². The van der Waals surface area contributed by atoms with Gasteiger partial charge in [0.1, 0.15) is 0 Å². The highest BCUT2D eigenvalue weighted by Crippen LogP contribution is 2.25. The fourth-order valence-electron chi connectivity index (χ4n) is 3.19. The van der Waals surface area contributed by atoms with E-state index < -0.39 is 10.0 Å². The standard InChI is InChI=1S/C20H23BrN2O4S/c1-13-7-8-19(18(21)9-13)22-20(24)16-5-4-6-17(10-16)28(25,26)23-11-14(2)27-15(3)12-23/h4-10,14-15H,11-12H2,1-3H3,(H,22,24). The molecule has 1 aliphatic heterocycles. The quantitative estimate of drug-likeness (QED) is 0.742. The van der Waals surface area contributed by atoms with Crippen LogP contribution < -0.4 is 5.32 Å². The van der Waals surface area contributed by atoms with Crippen LogP contribution in [0.25, 0.3) is 0 Å². The number of aryl methyl sites for hydroxylation is 1. The topological polar surface area (TPSA) is 75.7 Å². The third-order valence-corrected chi connectivity index (χ3v) is 6.98. The van der Waals surface area contributed by atoms with E-state index in [0.717, 1.165) is 10.0 Å². The molecule has 1 saturated heterocycles. The molecule has 3 rings (SSSR count). The van der Waals surface area contributed by atoms with Crippen LogP contribution in [0.15, 0.2) is 51.8 Å². The first-order valence-electron chi connectivity index (χ1n) is 9.00. The van der Waals surface area contributed by atoms with Crippen LogP contribution in [-0.2, 0) is 14.8 Å². The monoisotopic (exact) mass is 466 g/mol. The molecule has 0 aromatic heterocycles. The van der Waals surface area contributed by atoms with E-state index in [1.807, 2.05) is 32.9 Å². The number of halogens is 1. The van der Waals surface area contributed by atoms with Gasteiger partial charge in [0, 0.05) is 23.1 Å². The highest BCUT2D eigenvalue weighted by molar-refractivity contribution is 9.10. The fraction of sp³-hybridized carbons (Fsp3) is 0.350. The Kier molecular flexibility index (Phi) is 6.24. The van der Waals surface area contributed by atoms with Crippen molar-refractivity contribution < 1.29 is 17.9 Å². The molecule has 1 fully saturated rings. The van der Waals surface area contributed by atoms with Gasteiger partial charge in [0.05, 0.1) is 22.8 Å². The molecular formula is C20H23BrN2O4S. The molecule has 2 unspecified atom stereocenters. The van der Waals surface area contributed by atoms with E-state index >= 15 is 0 Å². The lowest BCUT2D eigenvalue weighted by atomic mass is 10.2. The summed E-state index contributed by atoms with van der Waals surface area (Å²) in [4.78, 5) is 12.8. The molecule has 0 radical (unpaired) electrons. The average Bonchev–Trinajstić information content (AvgIpc) is 2.63. The van der Waals surface area contributed by atoms with E-state index in [1.54, 1.807) is 18.2 Å². The molecule has 150 valence electrons. The van der Waals surface area contributed by atoms with Crippen molar-refractivity contribution in [2.24, 2.45) is 0 Å². The van der Waals surface area contributed by atoms with Gasteiger partial charge in [-0.15, -0.1) is 0 Å². The van der Waals surface area contributed by atoms with Gasteiger partial charge in [-0.2, -0.15) is 4.31 Å². The minimum Gasteiger partial charge on any atom is -0.373 e. The normalized spacial score (nSPS) is 20.7. The predicted octanol–water partition coefficient (Wildman–Crippen LogP) is 3.81. The summed E-state index contributed by atoms with van der Waals surface area (Å²) in [5.74, 6) is -0.370. The summed E-state index contributed by atoms with van der Waals surface area (Å²) in [6.07, 6.45) is -0.354. The zero-order valence-corrected chi connectivity index (χ0v) is 18.4. The molecular weight excluding hydrogens is 444 g/mol. The van der Waals surface area contributed by atoms with Crippen LogP contribution in [0, 0.1) is 6.92 Å². The number of anilines is 1. The number of ether oxygens (including phenoxy) is 1. The number of morpholine rings is 1. The van der Waals surface area contributed by atoms with Crippen molar-refractivity contribution in [1.29, 1.82) is 0 Å². The summed E-state index contributed by atoms with van der Waals surface area (Å²) in [5, 5.41) is 2.81. The summed E-state index contributed by atoms with van der Waals surface area (Å²) >= 11 is 3.43. The number of carbonyl (C=O) groups is 1. The predicted molar refractivity (Wildman–Crippen MR) is 112 cm³/mol. The number of nitrogens with one attached hydrogen (secondary N) is 1. The summed E-state index contributed by atoms with van der Waals surface area (Å²) in [7, 11) is -3.71. The largest absolute Gasteiger partial charge is 0.373 e. The van der Waals surface area contributed by atoms with Crippen LogP contribution >= 0.6 is 15.9 Å². The minimum atomic E-state index is -3.71. The Labute approximate surface area is 174 Å². The molecule has 1 aliphatic rings. The molecule has 28 heavy (non-hydrogen) atoms. The maximum Gasteiger partial charge on any atom is 0.255 e. The maximum atomic E-state index is 13.0. The number of rotatable bonds is 4. The van der Waals surface area contributed by atoms with Gasteiger partial charge in [-0.25, -0.2) is 8.42 Å². The molecule has 0 spiro atoms. The second kappa shape index (κ2) is 8.32. The summed E-state index contributed by atoms with van der Waals surface area (Å²) in [5.41, 5.74) is 1.97. The summed E-state index contributed by atoms with van der Waals surface area (Å²) in [6.45, 7) is 6.24. The first kappa shape index (κ1) is 21.0. The molecule has 1 heterocycles. The van der Waals surface area contributed by atoms with Crippen molar-refractivity contribution >= 4 is 37.5 Å². The summed E-state index contributed by atoms with van der Waals surface area (Å²) < 4.78 is 33.9. The molecule has 8 heteroatoms. The lowest BCUT2D eigenvalue weighted by Crippen LogP contribution is -2.48. The Hall–Kier alpha value is -1.74. The zero-order valence-electron chi connectivity index (χ0n) is 16.0. The Morgan fingerprint density at radius 1 is 1.14 bits per heavy atom. The number of nitrogens with zero attached hydrogens (tertiary/aromatic N) is 1. The third kappa shape index (κ3) is 4.63. The number of amides is 1. The van der Waals surface area contributed by atoms with Gasteiger partial charge in [-0.3, -0.25) is 4.79 Å². The molecule has 0 saturated carbocycles. The second-order valence-corrected chi connectivity index (χ2v) is 9.84. The van der Waals surface area contributed by atoms with Crippen molar-refractivity contribution in [3.8, 4) is 0 Å². The molecule has 1 N–H and O–H groups in total. The van der Waals surface area contributed by atoms with E-state index in [1.165, 1.54) is 16.4 Å². The van der Waals surface area contributed by atoms with Crippen LogP contribution in [0.2, 0.25) is 0 Å². The second-order valence-electron chi connectivity index (χ2n) is 7.04. The van der Waals surface area contributed by atoms with Gasteiger partial charge in [0.15, 0.2) is 0 Å². The molecule has 6 nitrogen and oxygen atoms in total. The lowest BCUT2D eigenvalue weighted by Gasteiger charge is -2.34. The van der Waals surface area contributed by atoms with Crippen LogP contribution in [0.5, 0.6) is 0 Å². The highest BCUT2D eigenvalue weighted by atomic mass is 79.9. The van der Waals surface area contributed by atoms with Gasteiger partial charge >= 0.3 is 0 Å². The first-order valence-corrected chi connectivity index (χ1v) is 11.2. The molecule has 0 bridgehead atoms. The number of hydrogen-bond donors (Lipinski definition) is 1. The van der Waals surface area contributed by atoms with Crippen LogP contribution in [-0.4, -0.2) is 43.9 Å². The van der Waals surface area contributed by atoms with Crippen molar-refractivity contribution in [3.05, 3.63) is 58.1 Å². The fourth-order valence-corrected chi connectivity index (χ4v) is 5.42. The van der Waals surface area contributed by atoms with E-state index in [2.05, 4.69) is 21.2 Å².